The van der Waals surface area contributed by atoms with E-state index in [2.05, 4.69) is 65.9 Å². The maximum atomic E-state index is 9.88. The Labute approximate surface area is 216 Å². The smallest absolute Gasteiger partial charge is 0.108 e. The molecule has 1 fully saturated rings. The average Bonchev–Trinajstić information content (AvgIpc) is 2.83. The second kappa shape index (κ2) is 12.3. The Morgan fingerprint density at radius 3 is 2.43 bits per heavy atom. The molecule has 0 unspecified atom stereocenters. The summed E-state index contributed by atoms with van der Waals surface area (Å²) in [5.41, 5.74) is 2.88. The molecule has 0 radical (unpaired) electrons. The van der Waals surface area contributed by atoms with Crippen molar-refractivity contribution in [3.05, 3.63) is 46.9 Å². The van der Waals surface area contributed by atoms with Gasteiger partial charge in [-0.1, -0.05) is 18.2 Å². The van der Waals surface area contributed by atoms with Crippen LogP contribution in [0.4, 0.5) is 5.69 Å². The van der Waals surface area contributed by atoms with Crippen LogP contribution in [-0.2, 0) is 9.47 Å². The molecule has 190 valence electrons. The number of benzene rings is 2. The maximum absolute atomic E-state index is 9.88. The zero-order chi connectivity index (χ0) is 25.5. The number of fused-ring (bicyclic) bond motifs is 1. The second-order valence-corrected chi connectivity index (χ2v) is 11.6. The second-order valence-electron chi connectivity index (χ2n) is 10.7. The Morgan fingerprint density at radius 2 is 1.74 bits per heavy atom. The lowest BCUT2D eigenvalue weighted by Crippen LogP contribution is -2.38. The summed E-state index contributed by atoms with van der Waals surface area (Å²) in [6.07, 6.45) is 4.71. The standard InChI is InChI=1S/C29H41N3O2S/c1-22(27(20-30)35-31-28(2,3)14-17-34-29(4,5)21-33-6)23-10-11-25-19-26(13-12-24(25)18-23)32-15-8-7-9-16-32/h10-13,18-19,31H,7-9,14-17,21H2,1-6H3/b27-22+. The third-order valence-corrected chi connectivity index (χ3v) is 7.82. The zero-order valence-corrected chi connectivity index (χ0v) is 23.1. The average molecular weight is 496 g/mol. The Balaban J connectivity index is 1.66. The molecule has 0 saturated carbocycles. The van der Waals surface area contributed by atoms with E-state index < -0.39 is 0 Å². The first-order valence-electron chi connectivity index (χ1n) is 12.6. The van der Waals surface area contributed by atoms with Gasteiger partial charge < -0.3 is 14.4 Å². The van der Waals surface area contributed by atoms with Gasteiger partial charge in [0, 0.05) is 38.0 Å². The number of nitriles is 1. The number of anilines is 1. The minimum absolute atomic E-state index is 0.190. The van der Waals surface area contributed by atoms with Crippen LogP contribution in [0.15, 0.2) is 41.3 Å². The Bertz CT molecular complexity index is 1070. The van der Waals surface area contributed by atoms with E-state index >= 15 is 0 Å². The lowest BCUT2D eigenvalue weighted by atomic mass is 10.0. The summed E-state index contributed by atoms with van der Waals surface area (Å²) in [5, 5.41) is 12.3. The molecule has 0 aromatic heterocycles. The number of hydrogen-bond acceptors (Lipinski definition) is 6. The Kier molecular flexibility index (Phi) is 9.66. The largest absolute Gasteiger partial charge is 0.382 e. The van der Waals surface area contributed by atoms with Gasteiger partial charge in [-0.05, 0) is 112 Å². The van der Waals surface area contributed by atoms with E-state index in [0.29, 0.717) is 18.1 Å². The van der Waals surface area contributed by atoms with Crippen molar-refractivity contribution in [2.45, 2.75) is 71.4 Å². The SMILES string of the molecule is COCC(C)(C)OCCC(C)(C)NS/C(C#N)=C(\C)c1ccc2cc(N3CCCCC3)ccc2c1. The number of allylic oxidation sites excluding steroid dienone is 2. The van der Waals surface area contributed by atoms with Crippen molar-refractivity contribution in [3.63, 3.8) is 0 Å². The van der Waals surface area contributed by atoms with Crippen molar-refractivity contribution in [1.29, 1.82) is 5.26 Å². The molecule has 1 aliphatic heterocycles. The molecular formula is C29H41N3O2S. The highest BCUT2D eigenvalue weighted by Gasteiger charge is 2.23. The van der Waals surface area contributed by atoms with Crippen LogP contribution >= 0.6 is 11.9 Å². The lowest BCUT2D eigenvalue weighted by molar-refractivity contribution is -0.0686. The number of ether oxygens (including phenoxy) is 2. The van der Waals surface area contributed by atoms with E-state index in [1.807, 2.05) is 20.8 Å². The highest BCUT2D eigenvalue weighted by atomic mass is 32.2. The number of piperidine rings is 1. The van der Waals surface area contributed by atoms with Crippen molar-refractivity contribution < 1.29 is 9.47 Å². The third kappa shape index (κ3) is 7.98. The molecule has 6 heteroatoms. The number of rotatable bonds is 11. The molecule has 1 saturated heterocycles. The van der Waals surface area contributed by atoms with Crippen LogP contribution in [-0.4, -0.2) is 44.6 Å². The number of nitrogens with zero attached hydrogens (tertiary/aromatic N) is 2. The minimum atomic E-state index is -0.309. The van der Waals surface area contributed by atoms with Crippen LogP contribution in [0.3, 0.4) is 0 Å². The van der Waals surface area contributed by atoms with Crippen molar-refractivity contribution in [2.75, 3.05) is 38.3 Å². The molecule has 0 aliphatic carbocycles. The van der Waals surface area contributed by atoms with Gasteiger partial charge in [0.15, 0.2) is 0 Å². The summed E-state index contributed by atoms with van der Waals surface area (Å²) in [4.78, 5) is 3.17. The molecule has 35 heavy (non-hydrogen) atoms. The molecule has 2 aromatic rings. The summed E-state index contributed by atoms with van der Waals surface area (Å²) < 4.78 is 14.7. The van der Waals surface area contributed by atoms with Crippen molar-refractivity contribution >= 4 is 34.0 Å². The molecule has 1 aliphatic rings. The van der Waals surface area contributed by atoms with Crippen LogP contribution in [0.25, 0.3) is 16.3 Å². The summed E-state index contributed by atoms with van der Waals surface area (Å²) in [6, 6.07) is 15.6. The lowest BCUT2D eigenvalue weighted by Gasteiger charge is -2.29. The van der Waals surface area contributed by atoms with Crippen molar-refractivity contribution in [2.24, 2.45) is 0 Å². The molecule has 5 nitrogen and oxygen atoms in total. The maximum Gasteiger partial charge on any atom is 0.108 e. The van der Waals surface area contributed by atoms with Crippen LogP contribution in [0.2, 0.25) is 0 Å². The van der Waals surface area contributed by atoms with Gasteiger partial charge in [0.2, 0.25) is 0 Å². The quantitative estimate of drug-likeness (QED) is 0.269. The highest BCUT2D eigenvalue weighted by Crippen LogP contribution is 2.31. The predicted molar refractivity (Wildman–Crippen MR) is 150 cm³/mol. The first kappa shape index (κ1) is 27.5. The summed E-state index contributed by atoms with van der Waals surface area (Å²) in [7, 11) is 1.69. The van der Waals surface area contributed by atoms with Gasteiger partial charge in [0.05, 0.1) is 12.2 Å². The van der Waals surface area contributed by atoms with Gasteiger partial charge in [-0.2, -0.15) is 5.26 Å². The first-order valence-corrected chi connectivity index (χ1v) is 13.4. The molecule has 1 N–H and O–H groups in total. The predicted octanol–water partition coefficient (Wildman–Crippen LogP) is 6.93. The Morgan fingerprint density at radius 1 is 1.06 bits per heavy atom. The number of methoxy groups -OCH3 is 1. The molecule has 3 rings (SSSR count). The van der Waals surface area contributed by atoms with Crippen LogP contribution in [0.1, 0.15) is 65.9 Å². The first-order chi connectivity index (χ1) is 16.6. The van der Waals surface area contributed by atoms with E-state index in [1.54, 1.807) is 7.11 Å². The van der Waals surface area contributed by atoms with E-state index in [4.69, 9.17) is 9.47 Å². The van der Waals surface area contributed by atoms with Gasteiger partial charge in [-0.15, -0.1) is 0 Å². The van der Waals surface area contributed by atoms with Gasteiger partial charge in [0.1, 0.15) is 11.0 Å². The Hall–Kier alpha value is -2.04. The highest BCUT2D eigenvalue weighted by molar-refractivity contribution is 8.01. The fourth-order valence-corrected chi connectivity index (χ4v) is 5.14. The normalized spacial score (nSPS) is 15.7. The number of nitrogens with one attached hydrogen (secondary N) is 1. The summed E-state index contributed by atoms with van der Waals surface area (Å²) >= 11 is 1.41. The van der Waals surface area contributed by atoms with E-state index in [-0.39, 0.29) is 11.1 Å². The monoisotopic (exact) mass is 495 g/mol. The summed E-state index contributed by atoms with van der Waals surface area (Å²) in [5.74, 6) is 0. The molecule has 0 atom stereocenters. The number of hydrogen-bond donors (Lipinski definition) is 1. The fraction of sp³-hybridized carbons (Fsp3) is 0.552. The zero-order valence-electron chi connectivity index (χ0n) is 22.2. The molecular weight excluding hydrogens is 454 g/mol. The van der Waals surface area contributed by atoms with Gasteiger partial charge in [-0.3, -0.25) is 4.72 Å². The summed E-state index contributed by atoms with van der Waals surface area (Å²) in [6.45, 7) is 13.8. The van der Waals surface area contributed by atoms with Crippen molar-refractivity contribution in [1.82, 2.24) is 4.72 Å². The van der Waals surface area contributed by atoms with Crippen molar-refractivity contribution in [3.8, 4) is 6.07 Å². The third-order valence-electron chi connectivity index (χ3n) is 6.56. The van der Waals surface area contributed by atoms with Gasteiger partial charge in [-0.25, -0.2) is 0 Å². The minimum Gasteiger partial charge on any atom is -0.382 e. The van der Waals surface area contributed by atoms with E-state index in [9.17, 15) is 5.26 Å². The fourth-order valence-electron chi connectivity index (χ4n) is 4.34. The molecule has 1 heterocycles. The van der Waals surface area contributed by atoms with Gasteiger partial charge in [0.25, 0.3) is 0 Å². The molecule has 0 amide bonds. The molecule has 0 spiro atoms. The van der Waals surface area contributed by atoms with Crippen LogP contribution in [0.5, 0.6) is 0 Å². The van der Waals surface area contributed by atoms with Crippen LogP contribution < -0.4 is 9.62 Å². The molecule has 2 aromatic carbocycles. The van der Waals surface area contributed by atoms with E-state index in [1.165, 1.54) is 47.7 Å². The van der Waals surface area contributed by atoms with Gasteiger partial charge >= 0.3 is 0 Å². The molecule has 0 bridgehead atoms. The van der Waals surface area contributed by atoms with E-state index in [0.717, 1.165) is 30.6 Å². The topological polar surface area (TPSA) is 57.5 Å². The van der Waals surface area contributed by atoms with Crippen LogP contribution in [0, 0.1) is 11.3 Å².